The van der Waals surface area contributed by atoms with Gasteiger partial charge in [-0.2, -0.15) is 0 Å². The maximum absolute atomic E-state index is 13.5. The van der Waals surface area contributed by atoms with Crippen LogP contribution in [0.1, 0.15) is 24.5 Å². The number of ether oxygens (including phenoxy) is 1. The molecule has 1 heterocycles. The van der Waals surface area contributed by atoms with Crippen LogP contribution in [0.2, 0.25) is 0 Å². The number of hydrogen-bond acceptors (Lipinski definition) is 3. The third kappa shape index (κ3) is 2.81. The van der Waals surface area contributed by atoms with Crippen LogP contribution in [0.4, 0.5) is 4.39 Å². The number of aliphatic imine (C=N–C) groups is 1. The number of halogens is 1. The number of hydrogen-bond donors (Lipinski definition) is 1. The minimum Gasteiger partial charge on any atom is -0.481 e. The first-order chi connectivity index (χ1) is 8.16. The summed E-state index contributed by atoms with van der Waals surface area (Å²) in [6.07, 6.45) is -0.205. The molecule has 0 aromatic heterocycles. The molecule has 0 radical (unpaired) electrons. The molecule has 4 nitrogen and oxygen atoms in total. The summed E-state index contributed by atoms with van der Waals surface area (Å²) in [6, 6.07) is 6.36. The predicted molar refractivity (Wildman–Crippen MR) is 59.4 cm³/mol. The second-order valence-electron chi connectivity index (χ2n) is 3.76. The van der Waals surface area contributed by atoms with Gasteiger partial charge in [0.15, 0.2) is 5.90 Å². The van der Waals surface area contributed by atoms with Crippen molar-refractivity contribution in [1.82, 2.24) is 0 Å². The highest BCUT2D eigenvalue weighted by Gasteiger charge is 2.24. The summed E-state index contributed by atoms with van der Waals surface area (Å²) in [5, 5.41) is 8.53. The lowest BCUT2D eigenvalue weighted by atomic mass is 10.1. The van der Waals surface area contributed by atoms with Crippen LogP contribution in [0.5, 0.6) is 0 Å². The quantitative estimate of drug-likeness (QED) is 0.872. The topological polar surface area (TPSA) is 58.9 Å². The zero-order valence-electron chi connectivity index (χ0n) is 9.10. The summed E-state index contributed by atoms with van der Waals surface area (Å²) < 4.78 is 18.9. The highest BCUT2D eigenvalue weighted by atomic mass is 19.1. The van der Waals surface area contributed by atoms with E-state index in [1.54, 1.807) is 18.2 Å². The van der Waals surface area contributed by atoms with E-state index < -0.39 is 12.1 Å². The number of carboxylic acids is 1. The van der Waals surface area contributed by atoms with Crippen molar-refractivity contribution >= 4 is 11.9 Å². The van der Waals surface area contributed by atoms with Gasteiger partial charge in [-0.25, -0.2) is 4.39 Å². The molecular weight excluding hydrogens is 225 g/mol. The summed E-state index contributed by atoms with van der Waals surface area (Å²) >= 11 is 0. The molecule has 0 amide bonds. The van der Waals surface area contributed by atoms with E-state index in [2.05, 4.69) is 4.99 Å². The van der Waals surface area contributed by atoms with Gasteiger partial charge >= 0.3 is 5.97 Å². The van der Waals surface area contributed by atoms with Crippen LogP contribution in [0.15, 0.2) is 29.3 Å². The van der Waals surface area contributed by atoms with Crippen molar-refractivity contribution in [3.05, 3.63) is 35.6 Å². The summed E-state index contributed by atoms with van der Waals surface area (Å²) in [7, 11) is 0. The molecule has 1 aliphatic rings. The Kier molecular flexibility index (Phi) is 3.37. The molecule has 5 heteroatoms. The van der Waals surface area contributed by atoms with E-state index in [1.807, 2.05) is 0 Å². The van der Waals surface area contributed by atoms with Gasteiger partial charge in [-0.3, -0.25) is 9.79 Å². The monoisotopic (exact) mass is 237 g/mol. The van der Waals surface area contributed by atoms with Gasteiger partial charge in [0.25, 0.3) is 0 Å². The van der Waals surface area contributed by atoms with Gasteiger partial charge in [-0.05, 0) is 6.07 Å². The van der Waals surface area contributed by atoms with E-state index in [0.29, 0.717) is 18.0 Å². The zero-order chi connectivity index (χ0) is 12.3. The fourth-order valence-corrected chi connectivity index (χ4v) is 1.67. The zero-order valence-corrected chi connectivity index (χ0v) is 9.10. The van der Waals surface area contributed by atoms with E-state index in [4.69, 9.17) is 9.84 Å². The van der Waals surface area contributed by atoms with Gasteiger partial charge < -0.3 is 9.84 Å². The lowest BCUT2D eigenvalue weighted by Gasteiger charge is -2.11. The van der Waals surface area contributed by atoms with Gasteiger partial charge in [0.05, 0.1) is 13.0 Å². The average Bonchev–Trinajstić information content (AvgIpc) is 2.75. The van der Waals surface area contributed by atoms with E-state index in [-0.39, 0.29) is 18.7 Å². The second kappa shape index (κ2) is 4.95. The fraction of sp³-hybridized carbons (Fsp3) is 0.333. The number of benzene rings is 1. The van der Waals surface area contributed by atoms with Crippen LogP contribution >= 0.6 is 0 Å². The normalized spacial score (nSPS) is 18.6. The number of rotatable bonds is 4. The van der Waals surface area contributed by atoms with E-state index >= 15 is 0 Å². The van der Waals surface area contributed by atoms with Gasteiger partial charge in [-0.1, -0.05) is 18.2 Å². The molecule has 1 unspecified atom stereocenters. The Morgan fingerprint density at radius 1 is 1.53 bits per heavy atom. The number of carboxylic acid groups (broad SMARTS) is 1. The van der Waals surface area contributed by atoms with Crippen molar-refractivity contribution in [2.75, 3.05) is 6.54 Å². The molecule has 1 aliphatic heterocycles. The molecule has 0 spiro atoms. The number of carbonyl (C=O) groups is 1. The summed E-state index contributed by atoms with van der Waals surface area (Å²) in [5.74, 6) is -0.835. The fourth-order valence-electron chi connectivity index (χ4n) is 1.67. The molecule has 0 bridgehead atoms. The first-order valence-corrected chi connectivity index (χ1v) is 5.33. The molecule has 2 rings (SSSR count). The summed E-state index contributed by atoms with van der Waals surface area (Å²) in [5.41, 5.74) is 0.460. The molecular formula is C12H12FNO3. The molecule has 0 saturated carbocycles. The van der Waals surface area contributed by atoms with Crippen molar-refractivity contribution < 1.29 is 19.0 Å². The van der Waals surface area contributed by atoms with Crippen molar-refractivity contribution in [3.63, 3.8) is 0 Å². The number of nitrogens with zero attached hydrogens (tertiary/aromatic N) is 1. The predicted octanol–water partition coefficient (Wildman–Crippen LogP) is 2.16. The van der Waals surface area contributed by atoms with Gasteiger partial charge in [0, 0.05) is 12.0 Å². The minimum absolute atomic E-state index is 0.0250. The third-order valence-corrected chi connectivity index (χ3v) is 2.52. The van der Waals surface area contributed by atoms with Crippen molar-refractivity contribution in [2.24, 2.45) is 4.99 Å². The second-order valence-corrected chi connectivity index (χ2v) is 3.76. The van der Waals surface area contributed by atoms with Crippen LogP contribution in [-0.2, 0) is 9.53 Å². The third-order valence-electron chi connectivity index (χ3n) is 2.52. The highest BCUT2D eigenvalue weighted by molar-refractivity contribution is 5.81. The van der Waals surface area contributed by atoms with Crippen LogP contribution in [-0.4, -0.2) is 23.5 Å². The molecule has 0 aliphatic carbocycles. The lowest BCUT2D eigenvalue weighted by Crippen LogP contribution is -2.08. The lowest BCUT2D eigenvalue weighted by molar-refractivity contribution is -0.136. The van der Waals surface area contributed by atoms with Crippen molar-refractivity contribution in [1.29, 1.82) is 0 Å². The Balaban J connectivity index is 1.96. The van der Waals surface area contributed by atoms with Crippen LogP contribution in [0.3, 0.4) is 0 Å². The van der Waals surface area contributed by atoms with Crippen molar-refractivity contribution in [2.45, 2.75) is 18.9 Å². The summed E-state index contributed by atoms with van der Waals surface area (Å²) in [6.45, 7) is 0.343. The molecule has 1 N–H and O–H groups in total. The van der Waals surface area contributed by atoms with E-state index in [1.165, 1.54) is 6.07 Å². The molecule has 1 aromatic rings. The van der Waals surface area contributed by atoms with E-state index in [0.717, 1.165) is 0 Å². The molecule has 1 aromatic carbocycles. The van der Waals surface area contributed by atoms with Crippen LogP contribution in [0.25, 0.3) is 0 Å². The van der Waals surface area contributed by atoms with Gasteiger partial charge in [0.1, 0.15) is 11.9 Å². The molecule has 1 atom stereocenters. The van der Waals surface area contributed by atoms with Gasteiger partial charge in [0.2, 0.25) is 0 Å². The SMILES string of the molecule is O=C(O)CCC1=NCC(c2ccccc2F)O1. The average molecular weight is 237 g/mol. The first-order valence-electron chi connectivity index (χ1n) is 5.33. The summed E-state index contributed by atoms with van der Waals surface area (Å²) in [4.78, 5) is 14.5. The van der Waals surface area contributed by atoms with Gasteiger partial charge in [-0.15, -0.1) is 0 Å². The van der Waals surface area contributed by atoms with E-state index in [9.17, 15) is 9.18 Å². The maximum atomic E-state index is 13.5. The first kappa shape index (κ1) is 11.6. The Labute approximate surface area is 97.7 Å². The van der Waals surface area contributed by atoms with Crippen molar-refractivity contribution in [3.8, 4) is 0 Å². The van der Waals surface area contributed by atoms with Crippen LogP contribution < -0.4 is 0 Å². The Bertz CT molecular complexity index is 459. The Hall–Kier alpha value is -1.91. The minimum atomic E-state index is -0.898. The standard InChI is InChI=1S/C12H12FNO3/c13-9-4-2-1-3-8(9)10-7-14-11(17-10)5-6-12(15)16/h1-4,10H,5-7H2,(H,15,16). The molecule has 90 valence electrons. The Morgan fingerprint density at radius 2 is 2.29 bits per heavy atom. The Morgan fingerprint density at radius 3 is 3.00 bits per heavy atom. The maximum Gasteiger partial charge on any atom is 0.303 e. The highest BCUT2D eigenvalue weighted by Crippen LogP contribution is 2.26. The largest absolute Gasteiger partial charge is 0.481 e. The number of aliphatic carboxylic acids is 1. The molecule has 17 heavy (non-hydrogen) atoms. The molecule has 0 fully saturated rings. The smallest absolute Gasteiger partial charge is 0.303 e. The van der Waals surface area contributed by atoms with Crippen LogP contribution in [0, 0.1) is 5.82 Å². The molecule has 0 saturated heterocycles.